The Labute approximate surface area is 142 Å². The van der Waals surface area contributed by atoms with Gasteiger partial charge in [0, 0.05) is 18.1 Å². The normalized spacial score (nSPS) is 17.7. The Bertz CT molecular complexity index is 599. The molecule has 1 aromatic rings. The predicted octanol–water partition coefficient (Wildman–Crippen LogP) is 4.12. The van der Waals surface area contributed by atoms with Crippen LogP contribution >= 0.6 is 11.6 Å². The number of piperidine rings is 1. The molecule has 0 bridgehead atoms. The SMILES string of the molecule is Cc1cc(C2(C=O)CCN(C(=O)OC(C)(C)C)CC2)ccc1Cl. The number of rotatable bonds is 2. The number of likely N-dealkylation sites (tertiary alicyclic amines) is 1. The van der Waals surface area contributed by atoms with Gasteiger partial charge in [0.25, 0.3) is 0 Å². The van der Waals surface area contributed by atoms with Crippen LogP contribution in [0.5, 0.6) is 0 Å². The number of aryl methyl sites for hydroxylation is 1. The first kappa shape index (κ1) is 17.8. The van der Waals surface area contributed by atoms with Gasteiger partial charge in [-0.1, -0.05) is 23.7 Å². The number of amides is 1. The number of halogens is 1. The molecule has 1 heterocycles. The third kappa shape index (κ3) is 4.05. The summed E-state index contributed by atoms with van der Waals surface area (Å²) < 4.78 is 5.40. The van der Waals surface area contributed by atoms with Crippen molar-refractivity contribution in [1.82, 2.24) is 4.90 Å². The van der Waals surface area contributed by atoms with E-state index in [0.717, 1.165) is 17.4 Å². The molecule has 0 unspecified atom stereocenters. The van der Waals surface area contributed by atoms with Gasteiger partial charge in [0.2, 0.25) is 0 Å². The lowest BCUT2D eigenvalue weighted by atomic mass is 9.74. The first-order valence-electron chi connectivity index (χ1n) is 7.88. The van der Waals surface area contributed by atoms with E-state index in [1.807, 2.05) is 45.9 Å². The smallest absolute Gasteiger partial charge is 0.410 e. The van der Waals surface area contributed by atoms with Crippen molar-refractivity contribution >= 4 is 24.0 Å². The first-order valence-corrected chi connectivity index (χ1v) is 8.25. The minimum absolute atomic E-state index is 0.315. The van der Waals surface area contributed by atoms with Gasteiger partial charge in [-0.15, -0.1) is 0 Å². The molecule has 0 radical (unpaired) electrons. The predicted molar refractivity (Wildman–Crippen MR) is 91.0 cm³/mol. The van der Waals surface area contributed by atoms with Gasteiger partial charge in [0.1, 0.15) is 11.9 Å². The molecule has 4 nitrogen and oxygen atoms in total. The lowest BCUT2D eigenvalue weighted by Gasteiger charge is -2.39. The van der Waals surface area contributed by atoms with Crippen molar-refractivity contribution in [3.8, 4) is 0 Å². The third-order valence-electron chi connectivity index (χ3n) is 4.27. The topological polar surface area (TPSA) is 46.6 Å². The van der Waals surface area contributed by atoms with Crippen LogP contribution in [0.2, 0.25) is 5.02 Å². The molecular formula is C18H24ClNO3. The van der Waals surface area contributed by atoms with Crippen LogP contribution in [0.1, 0.15) is 44.7 Å². The molecule has 0 aliphatic carbocycles. The van der Waals surface area contributed by atoms with Crippen LogP contribution in [0.15, 0.2) is 18.2 Å². The van der Waals surface area contributed by atoms with E-state index in [4.69, 9.17) is 16.3 Å². The molecule has 2 rings (SSSR count). The van der Waals surface area contributed by atoms with Crippen molar-refractivity contribution in [2.45, 2.75) is 51.6 Å². The van der Waals surface area contributed by atoms with Gasteiger partial charge in [-0.05, 0) is 57.7 Å². The van der Waals surface area contributed by atoms with Crippen molar-refractivity contribution in [1.29, 1.82) is 0 Å². The first-order chi connectivity index (χ1) is 10.7. The average Bonchev–Trinajstić information content (AvgIpc) is 2.48. The molecule has 23 heavy (non-hydrogen) atoms. The van der Waals surface area contributed by atoms with Crippen molar-refractivity contribution in [2.24, 2.45) is 0 Å². The highest BCUT2D eigenvalue weighted by atomic mass is 35.5. The number of aldehydes is 1. The zero-order valence-corrected chi connectivity index (χ0v) is 14.9. The molecule has 1 aliphatic heterocycles. The molecule has 0 atom stereocenters. The van der Waals surface area contributed by atoms with Crippen LogP contribution in [0.25, 0.3) is 0 Å². The Morgan fingerprint density at radius 1 is 1.30 bits per heavy atom. The summed E-state index contributed by atoms with van der Waals surface area (Å²) in [7, 11) is 0. The van der Waals surface area contributed by atoms with Crippen molar-refractivity contribution in [3.05, 3.63) is 34.3 Å². The quantitative estimate of drug-likeness (QED) is 0.763. The van der Waals surface area contributed by atoms with Gasteiger partial charge >= 0.3 is 6.09 Å². The molecule has 0 spiro atoms. The number of ether oxygens (including phenoxy) is 1. The zero-order chi connectivity index (χ0) is 17.3. The standard InChI is InChI=1S/C18H24ClNO3/c1-13-11-14(5-6-15(13)19)18(12-21)7-9-20(10-8-18)16(22)23-17(2,3)4/h5-6,11-12H,7-10H2,1-4H3. The summed E-state index contributed by atoms with van der Waals surface area (Å²) in [4.78, 5) is 25.6. The molecule has 126 valence electrons. The third-order valence-corrected chi connectivity index (χ3v) is 4.69. The number of hydrogen-bond donors (Lipinski definition) is 0. The molecule has 1 saturated heterocycles. The summed E-state index contributed by atoms with van der Waals surface area (Å²) in [5.74, 6) is 0. The van der Waals surface area contributed by atoms with E-state index in [2.05, 4.69) is 0 Å². The molecule has 1 amide bonds. The lowest BCUT2D eigenvalue weighted by Crippen LogP contribution is -2.47. The van der Waals surface area contributed by atoms with Crippen LogP contribution in [0, 0.1) is 6.92 Å². The fraction of sp³-hybridized carbons (Fsp3) is 0.556. The highest BCUT2D eigenvalue weighted by Crippen LogP contribution is 2.35. The van der Waals surface area contributed by atoms with Crippen LogP contribution in [0.3, 0.4) is 0 Å². The van der Waals surface area contributed by atoms with Crippen LogP contribution in [0.4, 0.5) is 4.79 Å². The maximum absolute atomic E-state index is 12.1. The van der Waals surface area contributed by atoms with Crippen molar-refractivity contribution in [2.75, 3.05) is 13.1 Å². The molecule has 1 aromatic carbocycles. The van der Waals surface area contributed by atoms with Gasteiger partial charge < -0.3 is 14.4 Å². The Morgan fingerprint density at radius 2 is 1.91 bits per heavy atom. The Morgan fingerprint density at radius 3 is 2.39 bits per heavy atom. The molecule has 0 N–H and O–H groups in total. The molecule has 1 aliphatic rings. The molecule has 1 fully saturated rings. The molecular weight excluding hydrogens is 314 g/mol. The lowest BCUT2D eigenvalue weighted by molar-refractivity contribution is -0.114. The maximum atomic E-state index is 12.1. The average molecular weight is 338 g/mol. The van der Waals surface area contributed by atoms with E-state index in [1.165, 1.54) is 0 Å². The number of benzene rings is 1. The van der Waals surface area contributed by atoms with Gasteiger partial charge in [0.15, 0.2) is 0 Å². The Kier molecular flexibility index (Phi) is 5.04. The van der Waals surface area contributed by atoms with E-state index < -0.39 is 11.0 Å². The Hall–Kier alpha value is -1.55. The molecule has 5 heteroatoms. The van der Waals surface area contributed by atoms with E-state index >= 15 is 0 Å². The number of hydrogen-bond acceptors (Lipinski definition) is 3. The zero-order valence-electron chi connectivity index (χ0n) is 14.2. The molecule has 0 saturated carbocycles. The van der Waals surface area contributed by atoms with Crippen LogP contribution in [-0.2, 0) is 14.9 Å². The highest BCUT2D eigenvalue weighted by Gasteiger charge is 2.38. The number of nitrogens with zero attached hydrogens (tertiary/aromatic N) is 1. The van der Waals surface area contributed by atoms with Crippen molar-refractivity contribution in [3.63, 3.8) is 0 Å². The van der Waals surface area contributed by atoms with E-state index in [0.29, 0.717) is 31.0 Å². The van der Waals surface area contributed by atoms with Gasteiger partial charge in [-0.3, -0.25) is 0 Å². The van der Waals surface area contributed by atoms with E-state index in [9.17, 15) is 9.59 Å². The summed E-state index contributed by atoms with van der Waals surface area (Å²) >= 11 is 6.08. The van der Waals surface area contributed by atoms with Gasteiger partial charge in [-0.2, -0.15) is 0 Å². The van der Waals surface area contributed by atoms with E-state index in [1.54, 1.807) is 4.90 Å². The minimum atomic E-state index is -0.548. The summed E-state index contributed by atoms with van der Waals surface area (Å²) in [6.45, 7) is 8.49. The van der Waals surface area contributed by atoms with E-state index in [-0.39, 0.29) is 6.09 Å². The Balaban J connectivity index is 2.12. The number of carbonyl (C=O) groups excluding carboxylic acids is 2. The fourth-order valence-corrected chi connectivity index (χ4v) is 2.96. The highest BCUT2D eigenvalue weighted by molar-refractivity contribution is 6.31. The van der Waals surface area contributed by atoms with Crippen molar-refractivity contribution < 1.29 is 14.3 Å². The van der Waals surface area contributed by atoms with Gasteiger partial charge in [-0.25, -0.2) is 4.79 Å². The second-order valence-corrected chi connectivity index (χ2v) is 7.61. The summed E-state index contributed by atoms with van der Waals surface area (Å²) in [5, 5.41) is 0.695. The summed E-state index contributed by atoms with van der Waals surface area (Å²) in [6.07, 6.45) is 1.89. The summed E-state index contributed by atoms with van der Waals surface area (Å²) in [5.41, 5.74) is 0.871. The second-order valence-electron chi connectivity index (χ2n) is 7.21. The fourth-order valence-electron chi connectivity index (χ4n) is 2.84. The maximum Gasteiger partial charge on any atom is 0.410 e. The minimum Gasteiger partial charge on any atom is -0.444 e. The second kappa shape index (κ2) is 6.52. The summed E-state index contributed by atoms with van der Waals surface area (Å²) in [6, 6.07) is 5.71. The van der Waals surface area contributed by atoms with Crippen LogP contribution in [-0.4, -0.2) is 36.0 Å². The number of carbonyl (C=O) groups is 2. The monoisotopic (exact) mass is 337 g/mol. The van der Waals surface area contributed by atoms with Crippen LogP contribution < -0.4 is 0 Å². The van der Waals surface area contributed by atoms with Gasteiger partial charge in [0.05, 0.1) is 5.41 Å². The largest absolute Gasteiger partial charge is 0.444 e. The molecule has 0 aromatic heterocycles.